The smallest absolute Gasteiger partial charge is 0.255 e. The second-order valence-corrected chi connectivity index (χ2v) is 8.45. The van der Waals surface area contributed by atoms with E-state index in [9.17, 15) is 22.4 Å². The number of fused-ring (bicyclic) bond motifs is 1. The summed E-state index contributed by atoms with van der Waals surface area (Å²) in [5.41, 5.74) is 0.494. The molecular formula is C16H13FN2O4S2. The summed E-state index contributed by atoms with van der Waals surface area (Å²) in [6, 6.07) is 7.92. The minimum absolute atomic E-state index is 0.0988. The van der Waals surface area contributed by atoms with Gasteiger partial charge >= 0.3 is 0 Å². The van der Waals surface area contributed by atoms with Gasteiger partial charge in [0, 0.05) is 16.7 Å². The summed E-state index contributed by atoms with van der Waals surface area (Å²) in [5, 5.41) is 5.03. The van der Waals surface area contributed by atoms with Crippen molar-refractivity contribution in [3.8, 4) is 0 Å². The van der Waals surface area contributed by atoms with Gasteiger partial charge in [0.1, 0.15) is 5.82 Å². The van der Waals surface area contributed by atoms with Crippen LogP contribution < -0.4 is 10.6 Å². The van der Waals surface area contributed by atoms with Crippen LogP contribution in [0.1, 0.15) is 10.4 Å². The molecule has 0 atom stereocenters. The number of halogens is 1. The van der Waals surface area contributed by atoms with Crippen molar-refractivity contribution in [2.45, 2.75) is 9.79 Å². The predicted octanol–water partition coefficient (Wildman–Crippen LogP) is 2.53. The standard InChI is InChI=1S/C16H13FN2O4S2/c1-25(22,23)10-3-4-11(17)12(7-10)19-16(21)9-2-5-14-13(6-9)18-15(20)8-24-14/h2-7H,8H2,1H3,(H,18,20)(H,19,21). The number of hydrogen-bond acceptors (Lipinski definition) is 5. The molecule has 0 spiro atoms. The third-order valence-electron chi connectivity index (χ3n) is 3.49. The van der Waals surface area contributed by atoms with Crippen molar-refractivity contribution in [2.75, 3.05) is 22.6 Å². The molecule has 1 aliphatic heterocycles. The number of hydrogen-bond donors (Lipinski definition) is 2. The summed E-state index contributed by atoms with van der Waals surface area (Å²) in [7, 11) is -3.53. The second kappa shape index (κ2) is 6.49. The number of rotatable bonds is 3. The molecule has 1 aliphatic rings. The van der Waals surface area contributed by atoms with Crippen LogP contribution in [0.2, 0.25) is 0 Å². The molecule has 1 heterocycles. The van der Waals surface area contributed by atoms with Gasteiger partial charge in [-0.3, -0.25) is 9.59 Å². The van der Waals surface area contributed by atoms with E-state index in [1.54, 1.807) is 12.1 Å². The Kier molecular flexibility index (Phi) is 4.53. The van der Waals surface area contributed by atoms with Crippen molar-refractivity contribution in [1.29, 1.82) is 0 Å². The lowest BCUT2D eigenvalue weighted by atomic mass is 10.1. The third kappa shape index (κ3) is 3.83. The quantitative estimate of drug-likeness (QED) is 0.799. The fraction of sp³-hybridized carbons (Fsp3) is 0.125. The Hall–Kier alpha value is -2.39. The van der Waals surface area contributed by atoms with Crippen molar-refractivity contribution in [1.82, 2.24) is 0 Å². The number of amides is 2. The van der Waals surface area contributed by atoms with Crippen LogP contribution in [-0.2, 0) is 14.6 Å². The maximum Gasteiger partial charge on any atom is 0.255 e. The summed E-state index contributed by atoms with van der Waals surface area (Å²) in [4.78, 5) is 24.5. The molecule has 9 heteroatoms. The zero-order chi connectivity index (χ0) is 18.2. The number of anilines is 2. The predicted molar refractivity (Wildman–Crippen MR) is 93.3 cm³/mol. The molecule has 25 heavy (non-hydrogen) atoms. The molecule has 6 nitrogen and oxygen atoms in total. The van der Waals surface area contributed by atoms with Gasteiger partial charge in [0.15, 0.2) is 9.84 Å². The molecule has 0 saturated heterocycles. The molecule has 0 unspecified atom stereocenters. The van der Waals surface area contributed by atoms with E-state index < -0.39 is 21.6 Å². The van der Waals surface area contributed by atoms with Crippen molar-refractivity contribution >= 4 is 44.8 Å². The van der Waals surface area contributed by atoms with Gasteiger partial charge in [-0.25, -0.2) is 12.8 Å². The third-order valence-corrected chi connectivity index (χ3v) is 5.67. The first-order chi connectivity index (χ1) is 11.7. The molecular weight excluding hydrogens is 367 g/mol. The highest BCUT2D eigenvalue weighted by Crippen LogP contribution is 2.32. The van der Waals surface area contributed by atoms with Crippen molar-refractivity contribution in [2.24, 2.45) is 0 Å². The van der Waals surface area contributed by atoms with Crippen molar-refractivity contribution in [3.05, 3.63) is 47.8 Å². The SMILES string of the molecule is CS(=O)(=O)c1ccc(F)c(NC(=O)c2ccc3c(c2)NC(=O)CS3)c1. The van der Waals surface area contributed by atoms with Crippen LogP contribution in [-0.4, -0.2) is 32.2 Å². The van der Waals surface area contributed by atoms with Gasteiger partial charge in [-0.15, -0.1) is 11.8 Å². The molecule has 2 N–H and O–H groups in total. The number of thioether (sulfide) groups is 1. The van der Waals surface area contributed by atoms with E-state index >= 15 is 0 Å². The largest absolute Gasteiger partial charge is 0.324 e. The molecule has 0 aromatic heterocycles. The van der Waals surface area contributed by atoms with Crippen LogP contribution in [0.5, 0.6) is 0 Å². The lowest BCUT2D eigenvalue weighted by Crippen LogP contribution is -2.20. The van der Waals surface area contributed by atoms with Gasteiger partial charge in [0.05, 0.1) is 22.0 Å². The Morgan fingerprint density at radius 3 is 2.72 bits per heavy atom. The van der Waals surface area contributed by atoms with Gasteiger partial charge < -0.3 is 10.6 Å². The average molecular weight is 380 g/mol. The minimum atomic E-state index is -3.53. The van der Waals surface area contributed by atoms with Gasteiger partial charge in [0.2, 0.25) is 5.91 Å². The highest BCUT2D eigenvalue weighted by atomic mass is 32.2. The first kappa shape index (κ1) is 17.4. The highest BCUT2D eigenvalue weighted by Gasteiger charge is 2.18. The lowest BCUT2D eigenvalue weighted by Gasteiger charge is -2.17. The number of sulfone groups is 1. The summed E-state index contributed by atoms with van der Waals surface area (Å²) in [6.45, 7) is 0. The van der Waals surface area contributed by atoms with E-state index in [1.807, 2.05) is 0 Å². The highest BCUT2D eigenvalue weighted by molar-refractivity contribution is 8.00. The van der Waals surface area contributed by atoms with E-state index in [-0.39, 0.29) is 22.1 Å². The molecule has 0 fully saturated rings. The van der Waals surface area contributed by atoms with Gasteiger partial charge in [0.25, 0.3) is 5.91 Å². The first-order valence-corrected chi connectivity index (χ1v) is 9.99. The molecule has 0 radical (unpaired) electrons. The molecule has 2 aromatic rings. The number of carbonyl (C=O) groups excluding carboxylic acids is 2. The molecule has 3 rings (SSSR count). The second-order valence-electron chi connectivity index (χ2n) is 5.42. The van der Waals surface area contributed by atoms with Crippen LogP contribution in [0, 0.1) is 5.82 Å². The molecule has 0 saturated carbocycles. The number of nitrogens with one attached hydrogen (secondary N) is 2. The van der Waals surface area contributed by atoms with Gasteiger partial charge in [-0.1, -0.05) is 0 Å². The average Bonchev–Trinajstić information content (AvgIpc) is 2.55. The lowest BCUT2D eigenvalue weighted by molar-refractivity contribution is -0.113. The Labute approximate surface area is 147 Å². The van der Waals surface area contributed by atoms with E-state index in [0.717, 1.165) is 29.4 Å². The number of carbonyl (C=O) groups is 2. The summed E-state index contributed by atoms with van der Waals surface area (Å²) >= 11 is 1.36. The summed E-state index contributed by atoms with van der Waals surface area (Å²) < 4.78 is 37.0. The summed E-state index contributed by atoms with van der Waals surface area (Å²) in [6.07, 6.45) is 0.996. The van der Waals surface area contributed by atoms with Crippen LogP contribution >= 0.6 is 11.8 Å². The maximum atomic E-state index is 13.9. The van der Waals surface area contributed by atoms with Crippen LogP contribution in [0.25, 0.3) is 0 Å². The Morgan fingerprint density at radius 2 is 2.00 bits per heavy atom. The Morgan fingerprint density at radius 1 is 1.24 bits per heavy atom. The molecule has 2 amide bonds. The fourth-order valence-corrected chi connectivity index (χ4v) is 3.69. The first-order valence-electron chi connectivity index (χ1n) is 7.12. The molecule has 0 aliphatic carbocycles. The van der Waals surface area contributed by atoms with Crippen molar-refractivity contribution in [3.63, 3.8) is 0 Å². The van der Waals surface area contributed by atoms with Crippen LogP contribution in [0.3, 0.4) is 0 Å². The van der Waals surface area contributed by atoms with Crippen molar-refractivity contribution < 1.29 is 22.4 Å². The topological polar surface area (TPSA) is 92.3 Å². The zero-order valence-electron chi connectivity index (χ0n) is 13.0. The molecule has 130 valence electrons. The van der Waals surface area contributed by atoms with E-state index in [4.69, 9.17) is 0 Å². The zero-order valence-corrected chi connectivity index (χ0v) is 14.6. The van der Waals surface area contributed by atoms with Crippen LogP contribution in [0.15, 0.2) is 46.2 Å². The summed E-state index contributed by atoms with van der Waals surface area (Å²) in [5.74, 6) is -1.22. The monoisotopic (exact) mass is 380 g/mol. The van der Waals surface area contributed by atoms with E-state index in [0.29, 0.717) is 11.4 Å². The maximum absolute atomic E-state index is 13.9. The molecule has 0 bridgehead atoms. The van der Waals surface area contributed by atoms with Gasteiger partial charge in [-0.05, 0) is 36.4 Å². The van der Waals surface area contributed by atoms with Gasteiger partial charge in [-0.2, -0.15) is 0 Å². The Balaban J connectivity index is 1.88. The van der Waals surface area contributed by atoms with E-state index in [1.165, 1.54) is 17.8 Å². The normalized spacial score (nSPS) is 13.8. The van der Waals surface area contributed by atoms with Crippen LogP contribution in [0.4, 0.5) is 15.8 Å². The molecule has 2 aromatic carbocycles. The van der Waals surface area contributed by atoms with E-state index in [2.05, 4.69) is 10.6 Å². The minimum Gasteiger partial charge on any atom is -0.324 e. The Bertz CT molecular complexity index is 990. The number of benzene rings is 2. The fourth-order valence-electron chi connectivity index (χ4n) is 2.25.